The Morgan fingerprint density at radius 1 is 1.03 bits per heavy atom. The molecule has 1 fully saturated rings. The molecule has 1 atom stereocenters. The van der Waals surface area contributed by atoms with Gasteiger partial charge < -0.3 is 9.84 Å². The fourth-order valence-corrected chi connectivity index (χ4v) is 4.47. The van der Waals surface area contributed by atoms with Gasteiger partial charge in [-0.15, -0.1) is 0 Å². The number of benzene rings is 2. The first kappa shape index (κ1) is 22.7. The van der Waals surface area contributed by atoms with E-state index >= 15 is 0 Å². The van der Waals surface area contributed by atoms with Gasteiger partial charge in [0.25, 0.3) is 5.91 Å². The van der Waals surface area contributed by atoms with Crippen LogP contribution in [0, 0.1) is 19.7 Å². The van der Waals surface area contributed by atoms with Gasteiger partial charge in [-0.3, -0.25) is 14.5 Å². The Balaban J connectivity index is 1.81. The monoisotopic (exact) mass is 449 g/mol. The molecule has 0 bridgehead atoms. The van der Waals surface area contributed by atoms with Crippen molar-refractivity contribution in [3.8, 4) is 0 Å². The maximum Gasteiger partial charge on any atom is 0.264 e. The van der Waals surface area contributed by atoms with Gasteiger partial charge in [0, 0.05) is 11.7 Å². The Kier molecular flexibility index (Phi) is 6.87. The molecule has 33 heavy (non-hydrogen) atoms. The van der Waals surface area contributed by atoms with Crippen molar-refractivity contribution < 1.29 is 18.5 Å². The van der Waals surface area contributed by atoms with Crippen molar-refractivity contribution >= 4 is 17.5 Å². The van der Waals surface area contributed by atoms with Gasteiger partial charge in [0.1, 0.15) is 23.2 Å². The lowest BCUT2D eigenvalue weighted by Gasteiger charge is -2.33. The third kappa shape index (κ3) is 4.97. The van der Waals surface area contributed by atoms with Crippen LogP contribution in [0.4, 0.5) is 10.1 Å². The molecule has 4 rings (SSSR count). The fraction of sp³-hybridized carbons (Fsp3) is 0.346. The fourth-order valence-electron chi connectivity index (χ4n) is 4.47. The number of carbonyl (C=O) groups is 2. The van der Waals surface area contributed by atoms with Crippen LogP contribution in [0.15, 0.2) is 59.1 Å². The standard InChI is InChI=1S/C26H28FN3O3/c1-17-23(18(2)33-29-17)26(32)30(22-11-7-4-8-12-22)24(19-13-15-20(27)16-14-19)25(31)28-21-9-5-3-6-10-21/h4,7-8,11-16,21,24H,3,5-6,9-10H2,1-2H3,(H,28,31)/t24-/m1/s1. The number of hydrogen-bond donors (Lipinski definition) is 1. The number of amides is 2. The number of halogens is 1. The van der Waals surface area contributed by atoms with E-state index in [4.69, 9.17) is 4.52 Å². The summed E-state index contributed by atoms with van der Waals surface area (Å²) < 4.78 is 19.0. The lowest BCUT2D eigenvalue weighted by molar-refractivity contribution is -0.123. The molecule has 0 saturated heterocycles. The zero-order valence-electron chi connectivity index (χ0n) is 18.9. The summed E-state index contributed by atoms with van der Waals surface area (Å²) in [4.78, 5) is 29.1. The van der Waals surface area contributed by atoms with Gasteiger partial charge in [-0.05, 0) is 56.5 Å². The van der Waals surface area contributed by atoms with E-state index in [0.29, 0.717) is 28.3 Å². The molecule has 1 saturated carbocycles. The Labute approximate surface area is 192 Å². The highest BCUT2D eigenvalue weighted by molar-refractivity contribution is 6.11. The number of carbonyl (C=O) groups excluding carboxylic acids is 2. The predicted octanol–water partition coefficient (Wildman–Crippen LogP) is 5.27. The zero-order chi connectivity index (χ0) is 23.4. The highest BCUT2D eigenvalue weighted by Gasteiger charge is 2.36. The van der Waals surface area contributed by atoms with E-state index < -0.39 is 17.8 Å². The maximum absolute atomic E-state index is 13.9. The second-order valence-electron chi connectivity index (χ2n) is 8.51. The normalized spacial score (nSPS) is 15.1. The van der Waals surface area contributed by atoms with E-state index in [1.807, 2.05) is 18.2 Å². The lowest BCUT2D eigenvalue weighted by Crippen LogP contribution is -2.47. The van der Waals surface area contributed by atoms with Gasteiger partial charge in [0.2, 0.25) is 5.91 Å². The third-order valence-electron chi connectivity index (χ3n) is 6.14. The highest BCUT2D eigenvalue weighted by atomic mass is 19.1. The van der Waals surface area contributed by atoms with Gasteiger partial charge in [0.15, 0.2) is 0 Å². The van der Waals surface area contributed by atoms with Crippen LogP contribution in [-0.2, 0) is 4.79 Å². The summed E-state index contributed by atoms with van der Waals surface area (Å²) in [5.74, 6) is -0.722. The Morgan fingerprint density at radius 2 is 1.70 bits per heavy atom. The van der Waals surface area contributed by atoms with Crippen molar-refractivity contribution in [2.75, 3.05) is 4.90 Å². The van der Waals surface area contributed by atoms with E-state index in [9.17, 15) is 14.0 Å². The minimum atomic E-state index is -0.990. The number of aryl methyl sites for hydroxylation is 2. The van der Waals surface area contributed by atoms with E-state index in [2.05, 4.69) is 10.5 Å². The molecule has 1 aliphatic carbocycles. The van der Waals surface area contributed by atoms with Crippen molar-refractivity contribution in [3.05, 3.63) is 83.0 Å². The van der Waals surface area contributed by atoms with E-state index in [1.54, 1.807) is 38.1 Å². The van der Waals surface area contributed by atoms with Crippen molar-refractivity contribution in [3.63, 3.8) is 0 Å². The first-order valence-electron chi connectivity index (χ1n) is 11.3. The van der Waals surface area contributed by atoms with Gasteiger partial charge in [-0.2, -0.15) is 0 Å². The molecule has 1 N–H and O–H groups in total. The number of hydrogen-bond acceptors (Lipinski definition) is 4. The van der Waals surface area contributed by atoms with Crippen LogP contribution in [0.3, 0.4) is 0 Å². The summed E-state index contributed by atoms with van der Waals surface area (Å²) in [6.45, 7) is 3.37. The second kappa shape index (κ2) is 9.98. The summed E-state index contributed by atoms with van der Waals surface area (Å²) in [5.41, 5.74) is 1.84. The number of nitrogens with zero attached hydrogens (tertiary/aromatic N) is 2. The quantitative estimate of drug-likeness (QED) is 0.556. The molecule has 0 spiro atoms. The van der Waals surface area contributed by atoms with Crippen LogP contribution in [0.5, 0.6) is 0 Å². The van der Waals surface area contributed by atoms with Gasteiger partial charge >= 0.3 is 0 Å². The van der Waals surface area contributed by atoms with Gasteiger partial charge in [-0.25, -0.2) is 4.39 Å². The van der Waals surface area contributed by atoms with Crippen LogP contribution in [0.25, 0.3) is 0 Å². The number of aromatic nitrogens is 1. The molecule has 7 heteroatoms. The molecule has 3 aromatic rings. The van der Waals surface area contributed by atoms with E-state index in [-0.39, 0.29) is 11.9 Å². The Hall–Kier alpha value is -3.48. The molecule has 0 radical (unpaired) electrons. The van der Waals surface area contributed by atoms with Crippen molar-refractivity contribution in [1.82, 2.24) is 10.5 Å². The Bertz CT molecular complexity index is 1090. The molecular formula is C26H28FN3O3. The van der Waals surface area contributed by atoms with Crippen molar-refractivity contribution in [2.45, 2.75) is 58.0 Å². The highest BCUT2D eigenvalue weighted by Crippen LogP contribution is 2.32. The lowest BCUT2D eigenvalue weighted by atomic mass is 9.94. The minimum Gasteiger partial charge on any atom is -0.361 e. The SMILES string of the molecule is Cc1noc(C)c1C(=O)N(c1ccccc1)[C@@H](C(=O)NC1CCCCC1)c1ccc(F)cc1. The summed E-state index contributed by atoms with van der Waals surface area (Å²) in [7, 11) is 0. The molecule has 2 aromatic carbocycles. The maximum atomic E-state index is 13.9. The molecule has 6 nitrogen and oxygen atoms in total. The number of anilines is 1. The number of rotatable bonds is 6. The summed E-state index contributed by atoms with van der Waals surface area (Å²) in [6.07, 6.45) is 5.10. The molecule has 1 heterocycles. The van der Waals surface area contributed by atoms with Gasteiger partial charge in [-0.1, -0.05) is 54.8 Å². The zero-order valence-corrected chi connectivity index (χ0v) is 18.9. The van der Waals surface area contributed by atoms with Crippen LogP contribution < -0.4 is 10.2 Å². The third-order valence-corrected chi connectivity index (χ3v) is 6.14. The first-order valence-corrected chi connectivity index (χ1v) is 11.3. The van der Waals surface area contributed by atoms with Crippen LogP contribution in [0.1, 0.15) is 65.5 Å². The topological polar surface area (TPSA) is 75.4 Å². The summed E-state index contributed by atoms with van der Waals surface area (Å²) in [5, 5.41) is 7.07. The smallest absolute Gasteiger partial charge is 0.264 e. The first-order chi connectivity index (χ1) is 16.0. The summed E-state index contributed by atoms with van der Waals surface area (Å²) in [6, 6.07) is 13.8. The second-order valence-corrected chi connectivity index (χ2v) is 8.51. The van der Waals surface area contributed by atoms with Crippen molar-refractivity contribution in [2.24, 2.45) is 0 Å². The molecular weight excluding hydrogens is 421 g/mol. The van der Waals surface area contributed by atoms with Crippen LogP contribution in [-0.4, -0.2) is 23.0 Å². The van der Waals surface area contributed by atoms with Crippen molar-refractivity contribution in [1.29, 1.82) is 0 Å². The van der Waals surface area contributed by atoms with Crippen LogP contribution >= 0.6 is 0 Å². The molecule has 0 aliphatic heterocycles. The molecule has 2 amide bonds. The summed E-state index contributed by atoms with van der Waals surface area (Å²) >= 11 is 0. The van der Waals surface area contributed by atoms with Crippen LogP contribution in [0.2, 0.25) is 0 Å². The number of para-hydroxylation sites is 1. The minimum absolute atomic E-state index is 0.0565. The largest absolute Gasteiger partial charge is 0.361 e. The average Bonchev–Trinajstić information content (AvgIpc) is 3.16. The average molecular weight is 450 g/mol. The van der Waals surface area contributed by atoms with Gasteiger partial charge in [0.05, 0.1) is 5.69 Å². The molecule has 1 aromatic heterocycles. The van der Waals surface area contributed by atoms with E-state index in [1.165, 1.54) is 17.0 Å². The number of nitrogens with one attached hydrogen (secondary N) is 1. The molecule has 1 aliphatic rings. The Morgan fingerprint density at radius 3 is 2.30 bits per heavy atom. The molecule has 0 unspecified atom stereocenters. The predicted molar refractivity (Wildman–Crippen MR) is 123 cm³/mol. The van der Waals surface area contributed by atoms with E-state index in [0.717, 1.165) is 32.1 Å². The molecule has 172 valence electrons.